The Morgan fingerprint density at radius 3 is 2.90 bits per heavy atom. The number of carbonyl (C=O) groups excluding carboxylic acids is 1. The zero-order valence-electron chi connectivity index (χ0n) is 5.72. The quantitative estimate of drug-likeness (QED) is 0.541. The Kier molecular flexibility index (Phi) is 2.18. The van der Waals surface area contributed by atoms with Gasteiger partial charge in [0, 0.05) is 12.2 Å². The topological polar surface area (TPSA) is 26.3 Å². The molecule has 1 heterocycles. The van der Waals surface area contributed by atoms with E-state index in [9.17, 15) is 9.18 Å². The second-order valence-corrected chi connectivity index (χ2v) is 3.36. The minimum atomic E-state index is -1.70. The normalized spacial score (nSPS) is 32.2. The zero-order chi connectivity index (χ0) is 7.61. The summed E-state index contributed by atoms with van der Waals surface area (Å²) in [5.74, 6) is 0.239. The van der Waals surface area contributed by atoms with Gasteiger partial charge in [0.2, 0.25) is 5.67 Å². The fraction of sp³-hybridized carbons (Fsp3) is 0.833. The van der Waals surface area contributed by atoms with Gasteiger partial charge in [-0.05, 0) is 5.75 Å². The van der Waals surface area contributed by atoms with E-state index in [1.807, 2.05) is 0 Å². The number of esters is 1. The lowest BCUT2D eigenvalue weighted by Gasteiger charge is -2.13. The third kappa shape index (κ3) is 1.26. The number of hydrogen-bond donors (Lipinski definition) is 0. The third-order valence-corrected chi connectivity index (χ3v) is 2.68. The Hall–Kier alpha value is -0.250. The first kappa shape index (κ1) is 7.85. The summed E-state index contributed by atoms with van der Waals surface area (Å²) < 4.78 is 17.5. The maximum absolute atomic E-state index is 13.2. The van der Waals surface area contributed by atoms with Gasteiger partial charge in [-0.1, -0.05) is 0 Å². The number of hydrogen-bond acceptors (Lipinski definition) is 3. The molecule has 0 radical (unpaired) electrons. The molecule has 2 nitrogen and oxygen atoms in total. The van der Waals surface area contributed by atoms with E-state index >= 15 is 0 Å². The summed E-state index contributed by atoms with van der Waals surface area (Å²) in [6.07, 6.45) is 0.296. The summed E-state index contributed by atoms with van der Waals surface area (Å²) in [5.41, 5.74) is -1.70. The van der Waals surface area contributed by atoms with Crippen LogP contribution in [0.2, 0.25) is 0 Å². The minimum Gasteiger partial charge on any atom is -0.467 e. The van der Waals surface area contributed by atoms with E-state index in [0.29, 0.717) is 12.2 Å². The zero-order valence-corrected chi connectivity index (χ0v) is 6.54. The van der Waals surface area contributed by atoms with Crippen LogP contribution in [-0.2, 0) is 9.53 Å². The monoisotopic (exact) mass is 164 g/mol. The summed E-state index contributed by atoms with van der Waals surface area (Å²) in [5, 5.41) is 0. The first-order chi connectivity index (χ1) is 4.69. The van der Waals surface area contributed by atoms with Crippen molar-refractivity contribution in [3.63, 3.8) is 0 Å². The molecule has 1 fully saturated rings. The highest BCUT2D eigenvalue weighted by Crippen LogP contribution is 2.32. The van der Waals surface area contributed by atoms with Crippen molar-refractivity contribution in [2.24, 2.45) is 0 Å². The first-order valence-corrected chi connectivity index (χ1v) is 4.19. The van der Waals surface area contributed by atoms with E-state index in [1.165, 1.54) is 18.9 Å². The fourth-order valence-electron chi connectivity index (χ4n) is 0.884. The molecule has 0 spiro atoms. The van der Waals surface area contributed by atoms with Crippen LogP contribution in [-0.4, -0.2) is 30.3 Å². The van der Waals surface area contributed by atoms with Crippen LogP contribution in [0.3, 0.4) is 0 Å². The molecule has 0 N–H and O–H groups in total. The standard InChI is InChI=1S/C6H9FO2S/c1-9-5(8)6(7)2-3-10-4-6/h2-4H2,1H3. The van der Waals surface area contributed by atoms with Gasteiger partial charge in [-0.15, -0.1) is 0 Å². The van der Waals surface area contributed by atoms with Crippen molar-refractivity contribution >= 4 is 17.7 Å². The molecule has 1 unspecified atom stereocenters. The van der Waals surface area contributed by atoms with Crippen molar-refractivity contribution in [2.75, 3.05) is 18.6 Å². The molecule has 0 aromatic rings. The first-order valence-electron chi connectivity index (χ1n) is 3.04. The lowest BCUT2D eigenvalue weighted by molar-refractivity contribution is -0.152. The molecule has 58 valence electrons. The third-order valence-electron chi connectivity index (χ3n) is 1.52. The molecule has 1 rings (SSSR count). The number of methoxy groups -OCH3 is 1. The molecule has 1 aliphatic rings. The number of alkyl halides is 1. The SMILES string of the molecule is COC(=O)C1(F)CCSC1. The molecule has 1 saturated heterocycles. The second kappa shape index (κ2) is 2.78. The van der Waals surface area contributed by atoms with Crippen LogP contribution in [0, 0.1) is 0 Å². The van der Waals surface area contributed by atoms with Crippen molar-refractivity contribution in [2.45, 2.75) is 12.1 Å². The highest BCUT2D eigenvalue weighted by molar-refractivity contribution is 7.99. The molecular formula is C6H9FO2S. The molecule has 4 heteroatoms. The molecule has 0 saturated carbocycles. The van der Waals surface area contributed by atoms with Crippen molar-refractivity contribution in [3.05, 3.63) is 0 Å². The minimum absolute atomic E-state index is 0.250. The Labute approximate surface area is 63.1 Å². The highest BCUT2D eigenvalue weighted by atomic mass is 32.2. The maximum atomic E-state index is 13.2. The predicted octanol–water partition coefficient (Wildman–Crippen LogP) is 1.00. The summed E-state index contributed by atoms with van der Waals surface area (Å²) in [6.45, 7) is 0. The summed E-state index contributed by atoms with van der Waals surface area (Å²) in [6, 6.07) is 0. The van der Waals surface area contributed by atoms with Crippen LogP contribution in [0.15, 0.2) is 0 Å². The van der Waals surface area contributed by atoms with Crippen molar-refractivity contribution < 1.29 is 13.9 Å². The van der Waals surface area contributed by atoms with Crippen LogP contribution in [0.25, 0.3) is 0 Å². The smallest absolute Gasteiger partial charge is 0.344 e. The predicted molar refractivity (Wildman–Crippen MR) is 37.8 cm³/mol. The molecule has 10 heavy (non-hydrogen) atoms. The van der Waals surface area contributed by atoms with Crippen LogP contribution in [0.4, 0.5) is 4.39 Å². The number of rotatable bonds is 1. The van der Waals surface area contributed by atoms with Gasteiger partial charge in [0.25, 0.3) is 0 Å². The van der Waals surface area contributed by atoms with Crippen molar-refractivity contribution in [1.29, 1.82) is 0 Å². The average Bonchev–Trinajstić information content (AvgIpc) is 2.36. The molecule has 0 aliphatic carbocycles. The Bertz CT molecular complexity index is 143. The second-order valence-electron chi connectivity index (χ2n) is 2.26. The van der Waals surface area contributed by atoms with Gasteiger partial charge in [-0.25, -0.2) is 9.18 Å². The van der Waals surface area contributed by atoms with Crippen LogP contribution in [0.5, 0.6) is 0 Å². The Morgan fingerprint density at radius 1 is 1.80 bits per heavy atom. The van der Waals surface area contributed by atoms with Gasteiger partial charge in [0.1, 0.15) is 0 Å². The van der Waals surface area contributed by atoms with Crippen LogP contribution < -0.4 is 0 Å². The molecular weight excluding hydrogens is 155 g/mol. The van der Waals surface area contributed by atoms with Gasteiger partial charge in [0.05, 0.1) is 7.11 Å². The van der Waals surface area contributed by atoms with Crippen LogP contribution in [0.1, 0.15) is 6.42 Å². The molecule has 0 aromatic carbocycles. The maximum Gasteiger partial charge on any atom is 0.344 e. The summed E-state index contributed by atoms with van der Waals surface area (Å²) >= 11 is 1.45. The Morgan fingerprint density at radius 2 is 2.50 bits per heavy atom. The van der Waals surface area contributed by atoms with Gasteiger partial charge in [-0.2, -0.15) is 11.8 Å². The van der Waals surface area contributed by atoms with Crippen LogP contribution >= 0.6 is 11.8 Å². The Balaban J connectivity index is 2.58. The summed E-state index contributed by atoms with van der Waals surface area (Å²) in [7, 11) is 1.21. The van der Waals surface area contributed by atoms with Crippen molar-refractivity contribution in [1.82, 2.24) is 0 Å². The van der Waals surface area contributed by atoms with E-state index in [4.69, 9.17) is 0 Å². The number of carbonyl (C=O) groups is 1. The molecule has 0 amide bonds. The fourth-order valence-corrected chi connectivity index (χ4v) is 2.08. The molecule has 1 aliphatic heterocycles. The number of thioether (sulfide) groups is 1. The highest BCUT2D eigenvalue weighted by Gasteiger charge is 2.43. The largest absolute Gasteiger partial charge is 0.467 e. The van der Waals surface area contributed by atoms with E-state index in [-0.39, 0.29) is 5.75 Å². The number of ether oxygens (including phenoxy) is 1. The summed E-state index contributed by atoms with van der Waals surface area (Å²) in [4.78, 5) is 10.7. The van der Waals surface area contributed by atoms with E-state index in [0.717, 1.165) is 0 Å². The average molecular weight is 164 g/mol. The molecule has 0 bridgehead atoms. The lowest BCUT2D eigenvalue weighted by atomic mass is 10.1. The van der Waals surface area contributed by atoms with Crippen molar-refractivity contribution in [3.8, 4) is 0 Å². The van der Waals surface area contributed by atoms with Gasteiger partial charge in [0.15, 0.2) is 0 Å². The van der Waals surface area contributed by atoms with Gasteiger partial charge < -0.3 is 4.74 Å². The van der Waals surface area contributed by atoms with E-state index in [2.05, 4.69) is 4.74 Å². The molecule has 1 atom stereocenters. The lowest BCUT2D eigenvalue weighted by Crippen LogP contribution is -2.34. The van der Waals surface area contributed by atoms with E-state index in [1.54, 1.807) is 0 Å². The van der Waals surface area contributed by atoms with Gasteiger partial charge in [-0.3, -0.25) is 0 Å². The van der Waals surface area contributed by atoms with E-state index < -0.39 is 11.6 Å². The van der Waals surface area contributed by atoms with Gasteiger partial charge >= 0.3 is 5.97 Å². The molecule has 0 aromatic heterocycles. The number of halogens is 1.